The van der Waals surface area contributed by atoms with Crippen molar-refractivity contribution in [2.45, 2.75) is 51.9 Å². The Morgan fingerprint density at radius 2 is 2.12 bits per heavy atom. The Labute approximate surface area is 154 Å². The number of ether oxygens (including phenoxy) is 1. The largest absolute Gasteiger partial charge is 0.494 e. The van der Waals surface area contributed by atoms with Crippen LogP contribution in [-0.2, 0) is 0 Å². The Morgan fingerprint density at radius 1 is 1.31 bits per heavy atom. The SMILES string of the molecule is CCCCCOc1ccc(C(=O)N2CCCC(c3nc(C)no3)C2)cc1. The maximum atomic E-state index is 12.8. The summed E-state index contributed by atoms with van der Waals surface area (Å²) in [6.45, 7) is 6.09. The molecular formula is C20H27N3O3. The van der Waals surface area contributed by atoms with Gasteiger partial charge in [-0.15, -0.1) is 0 Å². The fourth-order valence-corrected chi connectivity index (χ4v) is 3.26. The molecule has 0 aliphatic carbocycles. The fourth-order valence-electron chi connectivity index (χ4n) is 3.26. The van der Waals surface area contributed by atoms with Crippen molar-refractivity contribution in [2.75, 3.05) is 19.7 Å². The number of carbonyl (C=O) groups is 1. The van der Waals surface area contributed by atoms with Crippen LogP contribution in [0.5, 0.6) is 5.75 Å². The van der Waals surface area contributed by atoms with Gasteiger partial charge in [-0.25, -0.2) is 0 Å². The summed E-state index contributed by atoms with van der Waals surface area (Å²) in [5.41, 5.74) is 0.688. The van der Waals surface area contributed by atoms with Gasteiger partial charge in [0.25, 0.3) is 5.91 Å². The maximum absolute atomic E-state index is 12.8. The van der Waals surface area contributed by atoms with E-state index in [1.54, 1.807) is 0 Å². The Hall–Kier alpha value is -2.37. The molecule has 1 fully saturated rings. The molecule has 1 amide bonds. The number of likely N-dealkylation sites (tertiary alicyclic amines) is 1. The molecule has 0 N–H and O–H groups in total. The van der Waals surface area contributed by atoms with Crippen molar-refractivity contribution in [3.63, 3.8) is 0 Å². The topological polar surface area (TPSA) is 68.5 Å². The van der Waals surface area contributed by atoms with Crippen LogP contribution >= 0.6 is 0 Å². The Balaban J connectivity index is 1.57. The first kappa shape index (κ1) is 18.4. The number of rotatable bonds is 7. The van der Waals surface area contributed by atoms with Crippen LogP contribution in [0.1, 0.15) is 67.0 Å². The molecular weight excluding hydrogens is 330 g/mol. The molecule has 0 saturated carbocycles. The van der Waals surface area contributed by atoms with Gasteiger partial charge in [-0.05, 0) is 50.5 Å². The zero-order chi connectivity index (χ0) is 18.4. The highest BCUT2D eigenvalue weighted by molar-refractivity contribution is 5.94. The van der Waals surface area contributed by atoms with E-state index in [0.29, 0.717) is 23.8 Å². The van der Waals surface area contributed by atoms with Gasteiger partial charge in [0.2, 0.25) is 5.89 Å². The molecule has 1 aromatic heterocycles. The van der Waals surface area contributed by atoms with Gasteiger partial charge in [0, 0.05) is 18.7 Å². The number of carbonyl (C=O) groups excluding carboxylic acids is 1. The Morgan fingerprint density at radius 3 is 2.81 bits per heavy atom. The minimum atomic E-state index is 0.0449. The molecule has 2 aromatic rings. The van der Waals surface area contributed by atoms with Crippen molar-refractivity contribution in [2.24, 2.45) is 0 Å². The number of amides is 1. The maximum Gasteiger partial charge on any atom is 0.253 e. The first-order valence-electron chi connectivity index (χ1n) is 9.49. The van der Waals surface area contributed by atoms with Crippen molar-refractivity contribution >= 4 is 5.91 Å². The highest BCUT2D eigenvalue weighted by Crippen LogP contribution is 2.27. The third-order valence-corrected chi connectivity index (χ3v) is 4.72. The zero-order valence-electron chi connectivity index (χ0n) is 15.6. The minimum Gasteiger partial charge on any atom is -0.494 e. The number of nitrogens with zero attached hydrogens (tertiary/aromatic N) is 3. The van der Waals surface area contributed by atoms with E-state index in [0.717, 1.165) is 38.2 Å². The average Bonchev–Trinajstić information content (AvgIpc) is 3.12. The van der Waals surface area contributed by atoms with Crippen LogP contribution in [0.25, 0.3) is 0 Å². The quantitative estimate of drug-likeness (QED) is 0.702. The third-order valence-electron chi connectivity index (χ3n) is 4.72. The molecule has 1 atom stereocenters. The van der Waals surface area contributed by atoms with Crippen LogP contribution in [0.15, 0.2) is 28.8 Å². The number of aryl methyl sites for hydroxylation is 1. The lowest BCUT2D eigenvalue weighted by Crippen LogP contribution is -2.39. The van der Waals surface area contributed by atoms with Gasteiger partial charge in [-0.3, -0.25) is 4.79 Å². The van der Waals surface area contributed by atoms with Crippen molar-refractivity contribution < 1.29 is 14.1 Å². The van der Waals surface area contributed by atoms with Gasteiger partial charge in [0.05, 0.1) is 12.5 Å². The molecule has 0 bridgehead atoms. The van der Waals surface area contributed by atoms with Crippen LogP contribution < -0.4 is 4.74 Å². The van der Waals surface area contributed by atoms with E-state index in [1.165, 1.54) is 12.8 Å². The summed E-state index contributed by atoms with van der Waals surface area (Å²) in [5.74, 6) is 2.25. The molecule has 6 nitrogen and oxygen atoms in total. The highest BCUT2D eigenvalue weighted by atomic mass is 16.5. The van der Waals surface area contributed by atoms with E-state index in [9.17, 15) is 4.79 Å². The molecule has 0 radical (unpaired) electrons. The summed E-state index contributed by atoms with van der Waals surface area (Å²) in [6.07, 6.45) is 5.32. The lowest BCUT2D eigenvalue weighted by atomic mass is 9.97. The number of benzene rings is 1. The molecule has 1 aliphatic heterocycles. The second-order valence-electron chi connectivity index (χ2n) is 6.85. The summed E-state index contributed by atoms with van der Waals surface area (Å²) >= 11 is 0. The van der Waals surface area contributed by atoms with E-state index in [4.69, 9.17) is 9.26 Å². The standard InChI is InChI=1S/C20H27N3O3/c1-3-4-5-13-25-18-10-8-16(9-11-18)20(24)23-12-6-7-17(14-23)19-21-15(2)22-26-19/h8-11,17H,3-7,12-14H2,1-2H3. The summed E-state index contributed by atoms with van der Waals surface area (Å²) < 4.78 is 11.0. The summed E-state index contributed by atoms with van der Waals surface area (Å²) in [4.78, 5) is 19.0. The molecule has 1 aliphatic rings. The van der Waals surface area contributed by atoms with Crippen molar-refractivity contribution in [3.8, 4) is 5.75 Å². The smallest absolute Gasteiger partial charge is 0.253 e. The van der Waals surface area contributed by atoms with E-state index in [-0.39, 0.29) is 11.8 Å². The predicted molar refractivity (Wildman–Crippen MR) is 98.4 cm³/mol. The third kappa shape index (κ3) is 4.62. The normalized spacial score (nSPS) is 17.3. The lowest BCUT2D eigenvalue weighted by molar-refractivity contribution is 0.0695. The zero-order valence-corrected chi connectivity index (χ0v) is 15.6. The van der Waals surface area contributed by atoms with Gasteiger partial charge >= 0.3 is 0 Å². The summed E-state index contributed by atoms with van der Waals surface area (Å²) in [7, 11) is 0. The molecule has 6 heteroatoms. The lowest BCUT2D eigenvalue weighted by Gasteiger charge is -2.31. The van der Waals surface area contributed by atoms with E-state index in [2.05, 4.69) is 17.1 Å². The van der Waals surface area contributed by atoms with Crippen LogP contribution in [0.2, 0.25) is 0 Å². The van der Waals surface area contributed by atoms with Gasteiger partial charge < -0.3 is 14.2 Å². The number of aromatic nitrogens is 2. The second-order valence-corrected chi connectivity index (χ2v) is 6.85. The van der Waals surface area contributed by atoms with Gasteiger partial charge in [-0.2, -0.15) is 4.98 Å². The van der Waals surface area contributed by atoms with Gasteiger partial charge in [-0.1, -0.05) is 24.9 Å². The van der Waals surface area contributed by atoms with E-state index >= 15 is 0 Å². The molecule has 0 spiro atoms. The van der Waals surface area contributed by atoms with Crippen LogP contribution in [0.3, 0.4) is 0 Å². The monoisotopic (exact) mass is 357 g/mol. The molecule has 1 aromatic carbocycles. The average molecular weight is 357 g/mol. The number of piperidine rings is 1. The Kier molecular flexibility index (Phi) is 6.26. The minimum absolute atomic E-state index is 0.0449. The highest BCUT2D eigenvalue weighted by Gasteiger charge is 2.28. The van der Waals surface area contributed by atoms with Crippen molar-refractivity contribution in [1.29, 1.82) is 0 Å². The number of unbranched alkanes of at least 4 members (excludes halogenated alkanes) is 2. The van der Waals surface area contributed by atoms with Gasteiger partial charge in [0.15, 0.2) is 5.82 Å². The van der Waals surface area contributed by atoms with E-state index < -0.39 is 0 Å². The second kappa shape index (κ2) is 8.83. The van der Waals surface area contributed by atoms with Gasteiger partial charge in [0.1, 0.15) is 5.75 Å². The molecule has 1 saturated heterocycles. The molecule has 2 heterocycles. The van der Waals surface area contributed by atoms with Crippen LogP contribution in [0, 0.1) is 6.92 Å². The molecule has 140 valence electrons. The molecule has 26 heavy (non-hydrogen) atoms. The first-order valence-corrected chi connectivity index (χ1v) is 9.49. The summed E-state index contributed by atoms with van der Waals surface area (Å²) in [5, 5.41) is 3.86. The van der Waals surface area contributed by atoms with Crippen molar-refractivity contribution in [1.82, 2.24) is 15.0 Å². The van der Waals surface area contributed by atoms with Crippen molar-refractivity contribution in [3.05, 3.63) is 41.5 Å². The Bertz CT molecular complexity index is 711. The van der Waals surface area contributed by atoms with Crippen LogP contribution in [0.4, 0.5) is 0 Å². The fraction of sp³-hybridized carbons (Fsp3) is 0.550. The molecule has 3 rings (SSSR count). The summed E-state index contributed by atoms with van der Waals surface area (Å²) in [6, 6.07) is 7.44. The number of hydrogen-bond donors (Lipinski definition) is 0. The first-order chi connectivity index (χ1) is 12.7. The number of hydrogen-bond acceptors (Lipinski definition) is 5. The predicted octanol–water partition coefficient (Wildman–Crippen LogP) is 3.97. The molecule has 1 unspecified atom stereocenters. The van der Waals surface area contributed by atoms with E-state index in [1.807, 2.05) is 36.1 Å². The van der Waals surface area contributed by atoms with Crippen LogP contribution in [-0.4, -0.2) is 40.6 Å².